The molecule has 74 valence electrons. The minimum absolute atomic E-state index is 0.698. The van der Waals surface area contributed by atoms with Crippen LogP contribution in [0.4, 0.5) is 5.69 Å². The van der Waals surface area contributed by atoms with E-state index in [0.717, 1.165) is 19.7 Å². The molecule has 0 aliphatic heterocycles. The van der Waals surface area contributed by atoms with Crippen molar-refractivity contribution < 1.29 is 4.74 Å². The molecule has 4 heteroatoms. The summed E-state index contributed by atoms with van der Waals surface area (Å²) in [6.45, 7) is 2.68. The van der Waals surface area contributed by atoms with Gasteiger partial charge in [0.05, 0.1) is 6.61 Å². The first-order valence-corrected chi connectivity index (χ1v) is 6.21. The maximum absolute atomic E-state index is 5.91. The molecule has 1 aromatic heterocycles. The van der Waals surface area contributed by atoms with Crippen molar-refractivity contribution in [1.29, 1.82) is 0 Å². The fraction of sp³-hybridized carbons (Fsp3) is 0.200. The minimum Gasteiger partial charge on any atom is -0.484 e. The third-order valence-electron chi connectivity index (χ3n) is 1.90. The topological polar surface area (TPSA) is 35.2 Å². The second kappa shape index (κ2) is 3.94. The molecule has 0 saturated carbocycles. The van der Waals surface area contributed by atoms with E-state index in [1.165, 1.54) is 4.70 Å². The summed E-state index contributed by atoms with van der Waals surface area (Å²) in [7, 11) is 0. The lowest BCUT2D eigenvalue weighted by atomic mass is 10.2. The van der Waals surface area contributed by atoms with Gasteiger partial charge in [0.25, 0.3) is 0 Å². The Morgan fingerprint density at radius 1 is 1.43 bits per heavy atom. The van der Waals surface area contributed by atoms with E-state index in [1.807, 2.05) is 19.1 Å². The Labute approximate surface area is 100 Å². The van der Waals surface area contributed by atoms with E-state index in [0.29, 0.717) is 6.61 Å². The average molecular weight is 319 g/mol. The minimum atomic E-state index is 0.698. The average Bonchev–Trinajstić information content (AvgIpc) is 2.48. The van der Waals surface area contributed by atoms with Crippen LogP contribution in [-0.2, 0) is 0 Å². The largest absolute Gasteiger partial charge is 0.484 e. The molecule has 0 unspecified atom stereocenters. The third kappa shape index (κ3) is 1.81. The molecule has 2 nitrogen and oxygen atoms in total. The molecule has 0 atom stereocenters. The van der Waals surface area contributed by atoms with E-state index in [9.17, 15) is 0 Å². The van der Waals surface area contributed by atoms with Gasteiger partial charge in [-0.3, -0.25) is 0 Å². The predicted molar refractivity (Wildman–Crippen MR) is 70.1 cm³/mol. The Bertz CT molecular complexity index is 466. The van der Waals surface area contributed by atoms with Gasteiger partial charge >= 0.3 is 0 Å². The Balaban J connectivity index is 2.58. The van der Waals surface area contributed by atoms with Crippen LogP contribution < -0.4 is 10.5 Å². The number of benzene rings is 1. The van der Waals surface area contributed by atoms with E-state index in [2.05, 4.69) is 28.7 Å². The second-order valence-corrected chi connectivity index (χ2v) is 5.20. The lowest BCUT2D eigenvalue weighted by Gasteiger charge is -1.96. The fourth-order valence-electron chi connectivity index (χ4n) is 1.32. The van der Waals surface area contributed by atoms with Crippen LogP contribution in [0.25, 0.3) is 10.1 Å². The van der Waals surface area contributed by atoms with Crippen LogP contribution in [0, 0.1) is 3.57 Å². The molecular formula is C10H10INOS. The third-order valence-corrected chi connectivity index (χ3v) is 3.52. The molecule has 2 aromatic rings. The molecule has 0 aliphatic carbocycles. The van der Waals surface area contributed by atoms with Gasteiger partial charge in [0, 0.05) is 25.4 Å². The number of thiophene rings is 1. The molecule has 0 amide bonds. The van der Waals surface area contributed by atoms with Crippen LogP contribution in [0.3, 0.4) is 0 Å². The van der Waals surface area contributed by atoms with E-state index >= 15 is 0 Å². The zero-order chi connectivity index (χ0) is 10.1. The summed E-state index contributed by atoms with van der Waals surface area (Å²) in [6.07, 6.45) is 0. The first kappa shape index (κ1) is 10.0. The predicted octanol–water partition coefficient (Wildman–Crippen LogP) is 3.49. The number of halogens is 1. The first-order chi connectivity index (χ1) is 6.70. The molecule has 1 heterocycles. The molecule has 0 aliphatic rings. The standard InChI is InChI=1S/C10H10INOS/c1-2-13-10-5-7-8(12)3-6(11)4-9(7)14-10/h3-5H,2,12H2,1H3. The highest BCUT2D eigenvalue weighted by molar-refractivity contribution is 14.1. The van der Waals surface area contributed by atoms with Crippen molar-refractivity contribution in [2.24, 2.45) is 0 Å². The zero-order valence-corrected chi connectivity index (χ0v) is 10.7. The van der Waals surface area contributed by atoms with E-state index in [4.69, 9.17) is 10.5 Å². The number of fused-ring (bicyclic) bond motifs is 1. The van der Waals surface area contributed by atoms with Crippen LogP contribution >= 0.6 is 33.9 Å². The van der Waals surface area contributed by atoms with Crippen molar-refractivity contribution in [2.75, 3.05) is 12.3 Å². The van der Waals surface area contributed by atoms with Gasteiger partial charge in [0.2, 0.25) is 0 Å². The van der Waals surface area contributed by atoms with Gasteiger partial charge < -0.3 is 10.5 Å². The van der Waals surface area contributed by atoms with Crippen molar-refractivity contribution in [3.8, 4) is 5.06 Å². The van der Waals surface area contributed by atoms with E-state index < -0.39 is 0 Å². The number of rotatable bonds is 2. The van der Waals surface area contributed by atoms with E-state index in [-0.39, 0.29) is 0 Å². The number of nitrogen functional groups attached to an aromatic ring is 1. The summed E-state index contributed by atoms with van der Waals surface area (Å²) < 4.78 is 7.80. The summed E-state index contributed by atoms with van der Waals surface area (Å²) in [5, 5.41) is 2.04. The SMILES string of the molecule is CCOc1cc2c(N)cc(I)cc2s1. The summed E-state index contributed by atoms with van der Waals surface area (Å²) in [4.78, 5) is 0. The normalized spacial score (nSPS) is 10.7. The molecule has 1 aromatic carbocycles. The second-order valence-electron chi connectivity index (χ2n) is 2.91. The Morgan fingerprint density at radius 3 is 2.93 bits per heavy atom. The zero-order valence-electron chi connectivity index (χ0n) is 7.71. The molecule has 0 bridgehead atoms. The number of nitrogens with two attached hydrogens (primary N) is 1. The molecule has 0 fully saturated rings. The highest BCUT2D eigenvalue weighted by Crippen LogP contribution is 2.36. The smallest absolute Gasteiger partial charge is 0.174 e. The van der Waals surface area contributed by atoms with Crippen LogP contribution in [0.5, 0.6) is 5.06 Å². The number of ether oxygens (including phenoxy) is 1. The monoisotopic (exact) mass is 319 g/mol. The van der Waals surface area contributed by atoms with E-state index in [1.54, 1.807) is 11.3 Å². The Hall–Kier alpha value is -0.490. The van der Waals surface area contributed by atoms with Crippen LogP contribution in [0.15, 0.2) is 18.2 Å². The lowest BCUT2D eigenvalue weighted by molar-refractivity contribution is 0.350. The van der Waals surface area contributed by atoms with Crippen molar-refractivity contribution in [3.63, 3.8) is 0 Å². The molecule has 0 radical (unpaired) electrons. The van der Waals surface area contributed by atoms with Crippen molar-refractivity contribution >= 4 is 49.7 Å². The Morgan fingerprint density at radius 2 is 2.21 bits per heavy atom. The molecular weight excluding hydrogens is 309 g/mol. The van der Waals surface area contributed by atoms with Gasteiger partial charge in [-0.1, -0.05) is 11.3 Å². The van der Waals surface area contributed by atoms with Gasteiger partial charge in [-0.2, -0.15) is 0 Å². The quantitative estimate of drug-likeness (QED) is 0.679. The summed E-state index contributed by atoms with van der Waals surface area (Å²) in [6, 6.07) is 6.11. The van der Waals surface area contributed by atoms with Crippen molar-refractivity contribution in [2.45, 2.75) is 6.92 Å². The van der Waals surface area contributed by atoms with Crippen LogP contribution in [0.1, 0.15) is 6.92 Å². The summed E-state index contributed by atoms with van der Waals surface area (Å²) in [5.74, 6) is 0. The molecule has 0 saturated heterocycles. The summed E-state index contributed by atoms with van der Waals surface area (Å²) >= 11 is 3.91. The van der Waals surface area contributed by atoms with Gasteiger partial charge in [-0.15, -0.1) is 0 Å². The van der Waals surface area contributed by atoms with Crippen molar-refractivity contribution in [3.05, 3.63) is 21.8 Å². The van der Waals surface area contributed by atoms with Gasteiger partial charge in [0.1, 0.15) is 0 Å². The highest BCUT2D eigenvalue weighted by atomic mass is 127. The molecule has 14 heavy (non-hydrogen) atoms. The molecule has 0 spiro atoms. The van der Waals surface area contributed by atoms with Gasteiger partial charge in [0.15, 0.2) is 5.06 Å². The Kier molecular flexibility index (Phi) is 2.83. The highest BCUT2D eigenvalue weighted by Gasteiger charge is 2.06. The van der Waals surface area contributed by atoms with Crippen LogP contribution in [-0.4, -0.2) is 6.61 Å². The maximum atomic E-state index is 5.91. The molecule has 2 N–H and O–H groups in total. The summed E-state index contributed by atoms with van der Waals surface area (Å²) in [5.41, 5.74) is 6.74. The number of hydrogen-bond acceptors (Lipinski definition) is 3. The van der Waals surface area contributed by atoms with Gasteiger partial charge in [-0.05, 0) is 41.6 Å². The fourth-order valence-corrected chi connectivity index (χ4v) is 3.22. The maximum Gasteiger partial charge on any atom is 0.174 e. The van der Waals surface area contributed by atoms with Gasteiger partial charge in [-0.25, -0.2) is 0 Å². The van der Waals surface area contributed by atoms with Crippen molar-refractivity contribution in [1.82, 2.24) is 0 Å². The van der Waals surface area contributed by atoms with Crippen LogP contribution in [0.2, 0.25) is 0 Å². The lowest BCUT2D eigenvalue weighted by Crippen LogP contribution is -1.87. The first-order valence-electron chi connectivity index (χ1n) is 4.32. The number of anilines is 1. The molecule has 2 rings (SSSR count). The number of hydrogen-bond donors (Lipinski definition) is 1.